The Bertz CT molecular complexity index is 605. The van der Waals surface area contributed by atoms with Gasteiger partial charge in [0.05, 0.1) is 0 Å². The van der Waals surface area contributed by atoms with Crippen LogP contribution >= 0.6 is 0 Å². The summed E-state index contributed by atoms with van der Waals surface area (Å²) in [6.07, 6.45) is 17.4. The quantitative estimate of drug-likeness (QED) is 0.463. The highest BCUT2D eigenvalue weighted by Gasteiger charge is 2.63. The smallest absolute Gasteiger partial charge is 0.131 e. The minimum atomic E-state index is -0.896. The molecule has 0 saturated heterocycles. The first-order valence-corrected chi connectivity index (χ1v) is 9.81. The molecule has 0 heterocycles. The molecule has 0 aliphatic heterocycles. The molecule has 1 unspecified atom stereocenters. The molecular weight excluding hydrogens is 298 g/mol. The first-order valence-electron chi connectivity index (χ1n) is 9.81. The highest BCUT2D eigenvalue weighted by molar-refractivity contribution is 5.26. The molecule has 0 spiro atoms. The third kappa shape index (κ3) is 2.02. The van der Waals surface area contributed by atoms with E-state index in [0.29, 0.717) is 17.8 Å². The summed E-state index contributed by atoms with van der Waals surface area (Å²) in [6, 6.07) is -0.0934. The van der Waals surface area contributed by atoms with Crippen LogP contribution < -0.4 is 0 Å². The van der Waals surface area contributed by atoms with Crippen LogP contribution in [0.25, 0.3) is 0 Å². The van der Waals surface area contributed by atoms with Crippen LogP contribution in [-0.4, -0.2) is 16.7 Å². The van der Waals surface area contributed by atoms with Crippen LogP contribution in [0.15, 0.2) is 16.8 Å². The Morgan fingerprint density at radius 3 is 2.79 bits per heavy atom. The summed E-state index contributed by atoms with van der Waals surface area (Å²) in [5.41, 5.74) is 0.541. The van der Waals surface area contributed by atoms with Gasteiger partial charge < -0.3 is 5.11 Å². The van der Waals surface area contributed by atoms with E-state index in [2.05, 4.69) is 24.1 Å². The number of nitrogens with zero attached hydrogens (tertiary/aromatic N) is 1. The van der Waals surface area contributed by atoms with E-state index in [-0.39, 0.29) is 11.5 Å². The third-order valence-corrected chi connectivity index (χ3v) is 8.29. The van der Waals surface area contributed by atoms with E-state index in [1.165, 1.54) is 18.4 Å². The van der Waals surface area contributed by atoms with Crippen LogP contribution in [0.5, 0.6) is 0 Å². The molecule has 0 aromatic carbocycles. The average molecular weight is 327 g/mol. The molecule has 3 nitrogen and oxygen atoms in total. The van der Waals surface area contributed by atoms with Crippen molar-refractivity contribution in [2.75, 3.05) is 0 Å². The summed E-state index contributed by atoms with van der Waals surface area (Å²) in [6.45, 7) is 2.22. The Morgan fingerprint density at radius 2 is 2.08 bits per heavy atom. The van der Waals surface area contributed by atoms with Crippen LogP contribution in [0, 0.1) is 46.3 Å². The summed E-state index contributed by atoms with van der Waals surface area (Å²) >= 11 is 0. The van der Waals surface area contributed by atoms with Gasteiger partial charge in [0.1, 0.15) is 11.6 Å². The minimum Gasteiger partial charge on any atom is -0.377 e. The van der Waals surface area contributed by atoms with Gasteiger partial charge in [0.2, 0.25) is 0 Å². The average Bonchev–Trinajstić information content (AvgIpc) is 2.94. The van der Waals surface area contributed by atoms with E-state index in [1.807, 2.05) is 0 Å². The van der Waals surface area contributed by atoms with Crippen molar-refractivity contribution >= 4 is 0 Å². The number of allylic oxidation sites excluding steroid dienone is 1. The number of rotatable bonds is 2. The Kier molecular flexibility index (Phi) is 3.88. The third-order valence-electron chi connectivity index (χ3n) is 8.29. The molecule has 0 aromatic rings. The van der Waals surface area contributed by atoms with Crippen molar-refractivity contribution < 1.29 is 5.11 Å². The first kappa shape index (κ1) is 16.3. The van der Waals surface area contributed by atoms with Gasteiger partial charge in [-0.2, -0.15) is 4.91 Å². The van der Waals surface area contributed by atoms with Gasteiger partial charge >= 0.3 is 0 Å². The lowest BCUT2D eigenvalue weighted by Gasteiger charge is -2.56. The normalized spacial score (nSPS) is 50.0. The Morgan fingerprint density at radius 1 is 1.25 bits per heavy atom. The highest BCUT2D eigenvalue weighted by atomic mass is 16.3. The molecule has 0 bridgehead atoms. The second kappa shape index (κ2) is 5.70. The molecule has 4 aliphatic rings. The largest absolute Gasteiger partial charge is 0.377 e. The fourth-order valence-electron chi connectivity index (χ4n) is 7.18. The molecule has 3 saturated carbocycles. The predicted octanol–water partition coefficient (Wildman–Crippen LogP) is 4.45. The zero-order valence-corrected chi connectivity index (χ0v) is 14.7. The second-order valence-corrected chi connectivity index (χ2v) is 8.66. The molecule has 4 aliphatic carbocycles. The summed E-state index contributed by atoms with van der Waals surface area (Å²) in [5, 5.41) is 14.4. The van der Waals surface area contributed by atoms with Gasteiger partial charge in [-0.05, 0) is 81.5 Å². The number of nitroso groups, excluding NO2 is 1. The van der Waals surface area contributed by atoms with Crippen molar-refractivity contribution in [3.8, 4) is 12.3 Å². The summed E-state index contributed by atoms with van der Waals surface area (Å²) in [5.74, 6) is 5.44. The monoisotopic (exact) mass is 327 g/mol. The molecule has 24 heavy (non-hydrogen) atoms. The fourth-order valence-corrected chi connectivity index (χ4v) is 7.18. The molecule has 0 aromatic heterocycles. The SMILES string of the molecule is C#C[C@]1(O)CC[C@H]2[C@@H]3CCC4=CC(N=O)CC[C@@H]4[C@H]3CC[C@@]21CC. The fraction of sp³-hybridized carbons (Fsp3) is 0.810. The number of terminal acetylenes is 1. The number of hydrogen-bond acceptors (Lipinski definition) is 3. The maximum absolute atomic E-state index is 11.1. The molecule has 1 N–H and O–H groups in total. The summed E-state index contributed by atoms with van der Waals surface area (Å²) in [7, 11) is 0. The minimum absolute atomic E-state index is 0.0638. The van der Waals surface area contributed by atoms with Gasteiger partial charge in [0.15, 0.2) is 0 Å². The second-order valence-electron chi connectivity index (χ2n) is 8.66. The Hall–Kier alpha value is -1.14. The lowest BCUT2D eigenvalue weighted by molar-refractivity contribution is -0.0994. The number of hydrogen-bond donors (Lipinski definition) is 1. The zero-order chi connectivity index (χ0) is 16.9. The topological polar surface area (TPSA) is 49.7 Å². The van der Waals surface area contributed by atoms with Crippen LogP contribution in [-0.2, 0) is 0 Å². The van der Waals surface area contributed by atoms with Gasteiger partial charge in [-0.3, -0.25) is 0 Å². The van der Waals surface area contributed by atoms with Gasteiger partial charge in [0.25, 0.3) is 0 Å². The molecule has 7 atom stereocenters. The van der Waals surface area contributed by atoms with Crippen molar-refractivity contribution in [3.05, 3.63) is 16.6 Å². The van der Waals surface area contributed by atoms with Gasteiger partial charge in [-0.15, -0.1) is 6.42 Å². The summed E-state index contributed by atoms with van der Waals surface area (Å²) in [4.78, 5) is 10.9. The summed E-state index contributed by atoms with van der Waals surface area (Å²) < 4.78 is 0. The Balaban J connectivity index is 1.64. The molecule has 3 fully saturated rings. The zero-order valence-electron chi connectivity index (χ0n) is 14.7. The van der Waals surface area contributed by atoms with Gasteiger partial charge in [-0.1, -0.05) is 29.7 Å². The van der Waals surface area contributed by atoms with E-state index in [4.69, 9.17) is 6.42 Å². The highest BCUT2D eigenvalue weighted by Crippen LogP contribution is 2.66. The van der Waals surface area contributed by atoms with E-state index in [1.54, 1.807) is 0 Å². The van der Waals surface area contributed by atoms with Crippen LogP contribution in [0.3, 0.4) is 0 Å². The van der Waals surface area contributed by atoms with E-state index >= 15 is 0 Å². The van der Waals surface area contributed by atoms with E-state index in [0.717, 1.165) is 50.9 Å². The molecule has 0 radical (unpaired) electrons. The molecule has 0 amide bonds. The van der Waals surface area contributed by atoms with Gasteiger partial charge in [-0.25, -0.2) is 0 Å². The predicted molar refractivity (Wildman–Crippen MR) is 95.1 cm³/mol. The molecule has 4 rings (SSSR count). The number of aliphatic hydroxyl groups is 1. The van der Waals surface area contributed by atoms with Crippen molar-refractivity contribution in [2.24, 2.45) is 34.3 Å². The van der Waals surface area contributed by atoms with Gasteiger partial charge in [0, 0.05) is 5.41 Å². The van der Waals surface area contributed by atoms with Crippen molar-refractivity contribution in [3.63, 3.8) is 0 Å². The van der Waals surface area contributed by atoms with Crippen LogP contribution in [0.2, 0.25) is 0 Å². The maximum atomic E-state index is 11.1. The van der Waals surface area contributed by atoms with Crippen molar-refractivity contribution in [2.45, 2.75) is 76.4 Å². The van der Waals surface area contributed by atoms with Crippen LogP contribution in [0.1, 0.15) is 64.7 Å². The molecular formula is C21H29NO2. The standard InChI is InChI=1S/C21H29NO2/c1-3-20-11-9-17-16-8-6-15(22-24)13-14(16)5-7-18(17)19(20)10-12-21(20,23)4-2/h2,13,15-19,23H,3,5-12H2,1H3/t15?,16-,17+,18+,19-,20-,21-/m0/s1. The van der Waals surface area contributed by atoms with E-state index in [9.17, 15) is 10.0 Å². The van der Waals surface area contributed by atoms with E-state index < -0.39 is 5.60 Å². The first-order chi connectivity index (χ1) is 11.6. The van der Waals surface area contributed by atoms with Crippen molar-refractivity contribution in [1.29, 1.82) is 0 Å². The maximum Gasteiger partial charge on any atom is 0.131 e. The molecule has 130 valence electrons. The van der Waals surface area contributed by atoms with Crippen LogP contribution in [0.4, 0.5) is 0 Å². The number of fused-ring (bicyclic) bond motifs is 5. The van der Waals surface area contributed by atoms with Crippen molar-refractivity contribution in [1.82, 2.24) is 0 Å². The molecule has 3 heteroatoms. The Labute approximate surface area is 145 Å². The lowest BCUT2D eigenvalue weighted by Crippen LogP contribution is -2.53. The lowest BCUT2D eigenvalue weighted by atomic mass is 9.49.